The van der Waals surface area contributed by atoms with Gasteiger partial charge in [-0.25, -0.2) is 0 Å². The highest BCUT2D eigenvalue weighted by molar-refractivity contribution is 6.30. The van der Waals surface area contributed by atoms with Crippen molar-refractivity contribution in [2.24, 2.45) is 5.10 Å². The average Bonchev–Trinajstić information content (AvgIpc) is 2.83. The van der Waals surface area contributed by atoms with Crippen LogP contribution >= 0.6 is 11.6 Å². The molecule has 34 heavy (non-hydrogen) atoms. The lowest BCUT2D eigenvalue weighted by Gasteiger charge is -2.31. The number of halogens is 1. The molecule has 1 atom stereocenters. The van der Waals surface area contributed by atoms with Crippen LogP contribution in [0.5, 0.6) is 0 Å². The number of aromatic nitrogens is 1. The number of hydrogen-bond acceptors (Lipinski definition) is 6. The maximum absolute atomic E-state index is 11.1. The fourth-order valence-electron chi connectivity index (χ4n) is 3.21. The number of pyridine rings is 1. The summed E-state index contributed by atoms with van der Waals surface area (Å²) < 4.78 is 0. The second-order valence-electron chi connectivity index (χ2n) is 8.39. The molecule has 0 radical (unpaired) electrons. The molecule has 1 aromatic carbocycles. The highest BCUT2D eigenvalue weighted by atomic mass is 35.5. The summed E-state index contributed by atoms with van der Waals surface area (Å²) in [4.78, 5) is 23.0. The number of nitro groups is 1. The Balaban J connectivity index is 0.000000483. The molecule has 0 N–H and O–H groups in total. The number of carbonyl (C=O) groups is 1. The van der Waals surface area contributed by atoms with Gasteiger partial charge in [0.2, 0.25) is 5.54 Å². The molecule has 0 aliphatic carbocycles. The van der Waals surface area contributed by atoms with E-state index in [1.54, 1.807) is 26.1 Å². The first-order chi connectivity index (χ1) is 16.1. The lowest BCUT2D eigenvalue weighted by atomic mass is 9.94. The first-order valence-corrected chi connectivity index (χ1v) is 11.2. The number of rotatable bonds is 6. The predicted molar refractivity (Wildman–Crippen MR) is 139 cm³/mol. The molecule has 0 amide bonds. The second-order valence-corrected chi connectivity index (χ2v) is 8.83. The fourth-order valence-corrected chi connectivity index (χ4v) is 3.34. The Morgan fingerprint density at radius 3 is 2.41 bits per heavy atom. The minimum absolute atomic E-state index is 0.198. The van der Waals surface area contributed by atoms with Crippen molar-refractivity contribution in [3.8, 4) is 0 Å². The molecule has 0 spiro atoms. The molecule has 0 saturated carbocycles. The van der Waals surface area contributed by atoms with E-state index in [0.717, 1.165) is 34.7 Å². The standard InChI is InChI=1S/C18H24N4O2.C7H7Cl.CH2O/c1-5-14(10-11-18(2,3)22(23)24)16-8-9-17(21(4)20-16)15-7-6-12-19-13-15;1-6-2-4-7(8)5-3-6;1-2/h5-7,10,12-13,17H,1,8-9,11H2,2-4H3;2-5H,1H3;1H2/b14-10+;;. The minimum Gasteiger partial charge on any atom is -0.307 e. The monoisotopic (exact) mass is 484 g/mol. The number of nitrogens with zero attached hydrogens (tertiary/aromatic N) is 4. The Morgan fingerprint density at radius 1 is 1.29 bits per heavy atom. The van der Waals surface area contributed by atoms with E-state index < -0.39 is 5.54 Å². The fraction of sp³-hybridized carbons (Fsp3) is 0.346. The van der Waals surface area contributed by atoms with Crippen molar-refractivity contribution < 1.29 is 9.72 Å². The molecule has 2 heterocycles. The van der Waals surface area contributed by atoms with Crippen LogP contribution in [0.15, 0.2) is 78.2 Å². The van der Waals surface area contributed by atoms with E-state index in [2.05, 4.69) is 22.7 Å². The molecule has 1 aliphatic rings. The first-order valence-electron chi connectivity index (χ1n) is 10.8. The SMILES string of the molecule is C=C/C(=C\CC(C)(C)[N+](=O)[O-])C1=NN(C)C(c2cccnc2)CC1.C=O.Cc1ccc(Cl)cc1. The van der Waals surface area contributed by atoms with Crippen molar-refractivity contribution in [2.75, 3.05) is 7.05 Å². The molecule has 1 unspecified atom stereocenters. The van der Waals surface area contributed by atoms with Gasteiger partial charge in [-0.1, -0.05) is 54.1 Å². The highest BCUT2D eigenvalue weighted by Crippen LogP contribution is 2.30. The quantitative estimate of drug-likeness (QED) is 0.275. The molecular formula is C26H33ClN4O3. The van der Waals surface area contributed by atoms with Gasteiger partial charge in [-0.15, -0.1) is 0 Å². The summed E-state index contributed by atoms with van der Waals surface area (Å²) in [5, 5.41) is 18.5. The van der Waals surface area contributed by atoms with Crippen molar-refractivity contribution in [3.05, 3.63) is 99.4 Å². The van der Waals surface area contributed by atoms with E-state index in [0.29, 0.717) is 6.42 Å². The largest absolute Gasteiger partial charge is 0.307 e. The smallest absolute Gasteiger partial charge is 0.220 e. The van der Waals surface area contributed by atoms with Crippen molar-refractivity contribution in [2.45, 2.75) is 51.6 Å². The van der Waals surface area contributed by atoms with E-state index in [9.17, 15) is 10.1 Å². The minimum atomic E-state index is -0.992. The summed E-state index contributed by atoms with van der Waals surface area (Å²) in [7, 11) is 1.94. The zero-order chi connectivity index (χ0) is 25.7. The van der Waals surface area contributed by atoms with Gasteiger partial charge in [-0.05, 0) is 49.1 Å². The molecule has 3 rings (SSSR count). The molecule has 7 nitrogen and oxygen atoms in total. The van der Waals surface area contributed by atoms with Crippen LogP contribution < -0.4 is 0 Å². The summed E-state index contributed by atoms with van der Waals surface area (Å²) in [6.07, 6.45) is 9.30. The van der Waals surface area contributed by atoms with Crippen molar-refractivity contribution in [1.29, 1.82) is 0 Å². The van der Waals surface area contributed by atoms with E-state index in [1.807, 2.05) is 68.4 Å². The predicted octanol–water partition coefficient (Wildman–Crippen LogP) is 6.23. The summed E-state index contributed by atoms with van der Waals surface area (Å²) in [5.74, 6) is 0. The number of aryl methyl sites for hydroxylation is 1. The third kappa shape index (κ3) is 8.90. The Hall–Kier alpha value is -3.32. The van der Waals surface area contributed by atoms with Crippen molar-refractivity contribution >= 4 is 24.1 Å². The topological polar surface area (TPSA) is 88.7 Å². The molecule has 0 bridgehead atoms. The Bertz CT molecular complexity index is 968. The van der Waals surface area contributed by atoms with E-state index >= 15 is 0 Å². The van der Waals surface area contributed by atoms with Crippen LogP contribution in [0.3, 0.4) is 0 Å². The first kappa shape index (κ1) is 28.7. The average molecular weight is 485 g/mol. The van der Waals surface area contributed by atoms with Gasteiger partial charge in [-0.3, -0.25) is 20.1 Å². The van der Waals surface area contributed by atoms with Gasteiger partial charge < -0.3 is 4.79 Å². The lowest BCUT2D eigenvalue weighted by Crippen LogP contribution is -2.30. The van der Waals surface area contributed by atoms with Gasteiger partial charge in [-0.2, -0.15) is 5.10 Å². The van der Waals surface area contributed by atoms with Crippen LogP contribution in [0.1, 0.15) is 50.3 Å². The van der Waals surface area contributed by atoms with E-state index in [4.69, 9.17) is 16.4 Å². The summed E-state index contributed by atoms with van der Waals surface area (Å²) >= 11 is 5.61. The molecule has 2 aromatic rings. The van der Waals surface area contributed by atoms with Crippen LogP contribution in [-0.2, 0) is 4.79 Å². The Morgan fingerprint density at radius 2 is 1.94 bits per heavy atom. The van der Waals surface area contributed by atoms with Crippen LogP contribution in [0.25, 0.3) is 0 Å². The van der Waals surface area contributed by atoms with Crippen LogP contribution in [0.2, 0.25) is 5.02 Å². The molecule has 8 heteroatoms. The van der Waals surface area contributed by atoms with Gasteiger partial charge in [0, 0.05) is 49.7 Å². The number of allylic oxidation sites excluding steroid dienone is 2. The second kappa shape index (κ2) is 14.1. The zero-order valence-electron chi connectivity index (χ0n) is 20.3. The Labute approximate surface area is 207 Å². The molecule has 182 valence electrons. The molecule has 0 fully saturated rings. The maximum Gasteiger partial charge on any atom is 0.220 e. The van der Waals surface area contributed by atoms with Crippen LogP contribution in [0.4, 0.5) is 0 Å². The van der Waals surface area contributed by atoms with E-state index in [-0.39, 0.29) is 11.0 Å². The Kier molecular flexibility index (Phi) is 11.9. The molecule has 1 aliphatic heterocycles. The van der Waals surface area contributed by atoms with Crippen molar-refractivity contribution in [3.63, 3.8) is 0 Å². The number of carbonyl (C=O) groups excluding carboxylic acids is 1. The normalized spacial score (nSPS) is 15.7. The summed E-state index contributed by atoms with van der Waals surface area (Å²) in [5.41, 5.74) is 3.19. The van der Waals surface area contributed by atoms with Gasteiger partial charge in [0.15, 0.2) is 0 Å². The number of hydrazone groups is 1. The van der Waals surface area contributed by atoms with Gasteiger partial charge in [0.05, 0.1) is 11.8 Å². The number of benzene rings is 1. The molecular weight excluding hydrogens is 452 g/mol. The lowest BCUT2D eigenvalue weighted by molar-refractivity contribution is -0.559. The summed E-state index contributed by atoms with van der Waals surface area (Å²) in [6, 6.07) is 11.9. The van der Waals surface area contributed by atoms with Crippen molar-refractivity contribution in [1.82, 2.24) is 9.99 Å². The number of hydrogen-bond donors (Lipinski definition) is 0. The zero-order valence-corrected chi connectivity index (χ0v) is 21.0. The molecule has 1 aromatic heterocycles. The maximum atomic E-state index is 11.1. The third-order valence-electron chi connectivity index (χ3n) is 5.33. The molecule has 0 saturated heterocycles. The van der Waals surface area contributed by atoms with E-state index in [1.165, 1.54) is 5.56 Å². The third-order valence-corrected chi connectivity index (χ3v) is 5.59. The van der Waals surface area contributed by atoms with Crippen LogP contribution in [-0.4, -0.2) is 40.0 Å². The summed E-state index contributed by atoms with van der Waals surface area (Å²) in [6.45, 7) is 11.1. The van der Waals surface area contributed by atoms with Gasteiger partial charge >= 0.3 is 0 Å². The highest BCUT2D eigenvalue weighted by Gasteiger charge is 2.30. The van der Waals surface area contributed by atoms with Gasteiger partial charge in [0.25, 0.3) is 0 Å². The van der Waals surface area contributed by atoms with Crippen LogP contribution in [0, 0.1) is 17.0 Å². The van der Waals surface area contributed by atoms with Gasteiger partial charge in [0.1, 0.15) is 6.79 Å².